The summed E-state index contributed by atoms with van der Waals surface area (Å²) in [6.07, 6.45) is 1.83. The van der Waals surface area contributed by atoms with E-state index in [2.05, 4.69) is 0 Å². The largest absolute Gasteiger partial charge is 0.507 e. The van der Waals surface area contributed by atoms with Gasteiger partial charge < -0.3 is 14.7 Å². The molecule has 0 aliphatic carbocycles. The Morgan fingerprint density at radius 3 is 2.92 bits per heavy atom. The van der Waals surface area contributed by atoms with Crippen LogP contribution in [0.3, 0.4) is 0 Å². The smallest absolute Gasteiger partial charge is 0.258 e. The van der Waals surface area contributed by atoms with Crippen molar-refractivity contribution in [2.75, 3.05) is 13.7 Å². The molecule has 1 amide bonds. The quantitative estimate of drug-likeness (QED) is 0.772. The summed E-state index contributed by atoms with van der Waals surface area (Å²) < 4.78 is 6.21. The number of carbonyl (C=O) groups excluding carboxylic acids is 1. The van der Waals surface area contributed by atoms with Crippen LogP contribution < -0.4 is 4.74 Å². The Balaban J connectivity index is 1.65. The molecule has 0 radical (unpaired) electrons. The van der Waals surface area contributed by atoms with Crippen molar-refractivity contribution in [1.82, 2.24) is 9.88 Å². The second-order valence-corrected chi connectivity index (χ2v) is 7.12. The lowest BCUT2D eigenvalue weighted by Gasteiger charge is -2.23. The number of nitrogens with zero attached hydrogens (tertiary/aromatic N) is 2. The van der Waals surface area contributed by atoms with Gasteiger partial charge >= 0.3 is 0 Å². The fraction of sp³-hybridized carbons (Fsp3) is 0.263. The predicted molar refractivity (Wildman–Crippen MR) is 97.3 cm³/mol. The molecule has 2 heterocycles. The topological polar surface area (TPSA) is 62.7 Å². The molecule has 1 saturated heterocycles. The van der Waals surface area contributed by atoms with E-state index >= 15 is 0 Å². The number of phenols is 1. The molecule has 1 fully saturated rings. The summed E-state index contributed by atoms with van der Waals surface area (Å²) in [6, 6.07) is 12.7. The number of thiazole rings is 1. The van der Waals surface area contributed by atoms with Crippen molar-refractivity contribution in [3.8, 4) is 11.5 Å². The van der Waals surface area contributed by atoms with Gasteiger partial charge in [0.15, 0.2) is 0 Å². The first kappa shape index (κ1) is 15.9. The summed E-state index contributed by atoms with van der Waals surface area (Å²) in [4.78, 5) is 19.5. The van der Waals surface area contributed by atoms with E-state index in [9.17, 15) is 9.90 Å². The number of aromatic nitrogens is 1. The van der Waals surface area contributed by atoms with Crippen molar-refractivity contribution in [2.24, 2.45) is 0 Å². The van der Waals surface area contributed by atoms with Crippen molar-refractivity contribution < 1.29 is 14.6 Å². The molecule has 1 aliphatic rings. The normalized spacial score (nSPS) is 17.2. The average Bonchev–Trinajstić information content (AvgIpc) is 3.27. The maximum Gasteiger partial charge on any atom is 0.258 e. The zero-order valence-corrected chi connectivity index (χ0v) is 14.6. The van der Waals surface area contributed by atoms with Gasteiger partial charge in [-0.1, -0.05) is 12.1 Å². The van der Waals surface area contributed by atoms with Gasteiger partial charge in [0, 0.05) is 12.6 Å². The summed E-state index contributed by atoms with van der Waals surface area (Å²) in [5.74, 6) is 0.305. The molecule has 5 nitrogen and oxygen atoms in total. The predicted octanol–water partition coefficient (Wildman–Crippen LogP) is 3.99. The third-order valence-electron chi connectivity index (χ3n) is 4.54. The molecule has 1 unspecified atom stereocenters. The van der Waals surface area contributed by atoms with Gasteiger partial charge in [0.1, 0.15) is 16.5 Å². The van der Waals surface area contributed by atoms with Crippen LogP contribution >= 0.6 is 11.3 Å². The molecule has 2 aromatic carbocycles. The second-order valence-electron chi connectivity index (χ2n) is 6.06. The van der Waals surface area contributed by atoms with E-state index in [0.717, 1.165) is 28.1 Å². The minimum absolute atomic E-state index is 0.0357. The molecule has 6 heteroatoms. The molecule has 3 aromatic rings. The average molecular weight is 354 g/mol. The number of methoxy groups -OCH3 is 1. The molecule has 25 heavy (non-hydrogen) atoms. The standard InChI is InChI=1S/C19H18N2O3S/c1-24-12-8-9-13(16(22)11-12)19(23)21-10-4-6-15(21)18-20-14-5-2-3-7-17(14)25-18/h2-3,5,7-9,11,15,22H,4,6,10H2,1H3. The number of phenolic OH excluding ortho intramolecular Hbond substituents is 1. The number of carbonyl (C=O) groups is 1. The van der Waals surface area contributed by atoms with Crippen LogP contribution in [-0.2, 0) is 0 Å². The van der Waals surface area contributed by atoms with Crippen LogP contribution in [0.4, 0.5) is 0 Å². The Labute approximate surface area is 149 Å². The maximum absolute atomic E-state index is 13.0. The zero-order valence-electron chi connectivity index (χ0n) is 13.8. The highest BCUT2D eigenvalue weighted by atomic mass is 32.1. The molecule has 1 aliphatic heterocycles. The molecule has 1 aromatic heterocycles. The Bertz CT molecular complexity index is 904. The number of benzene rings is 2. The number of amides is 1. The van der Waals surface area contributed by atoms with Crippen LogP contribution in [0.5, 0.6) is 11.5 Å². The number of likely N-dealkylation sites (tertiary alicyclic amines) is 1. The molecule has 0 spiro atoms. The maximum atomic E-state index is 13.0. The molecule has 1 N–H and O–H groups in total. The number of para-hydroxylation sites is 1. The van der Waals surface area contributed by atoms with Crippen LogP contribution in [0.15, 0.2) is 42.5 Å². The highest BCUT2D eigenvalue weighted by molar-refractivity contribution is 7.18. The number of rotatable bonds is 3. The van der Waals surface area contributed by atoms with Gasteiger partial charge in [0.2, 0.25) is 0 Å². The van der Waals surface area contributed by atoms with Crippen molar-refractivity contribution in [3.05, 3.63) is 53.0 Å². The highest BCUT2D eigenvalue weighted by Crippen LogP contribution is 2.38. The minimum Gasteiger partial charge on any atom is -0.507 e. The number of hydrogen-bond donors (Lipinski definition) is 1. The minimum atomic E-state index is -0.165. The lowest BCUT2D eigenvalue weighted by molar-refractivity contribution is 0.0732. The van der Waals surface area contributed by atoms with Gasteiger partial charge in [0.25, 0.3) is 5.91 Å². The van der Waals surface area contributed by atoms with E-state index in [-0.39, 0.29) is 17.7 Å². The van der Waals surface area contributed by atoms with Crippen molar-refractivity contribution in [3.63, 3.8) is 0 Å². The van der Waals surface area contributed by atoms with E-state index in [1.54, 1.807) is 23.5 Å². The van der Waals surface area contributed by atoms with Crippen molar-refractivity contribution >= 4 is 27.5 Å². The second kappa shape index (κ2) is 6.37. The first-order chi connectivity index (χ1) is 12.2. The Kier molecular flexibility index (Phi) is 4.05. The third-order valence-corrected chi connectivity index (χ3v) is 5.68. The molecule has 0 saturated carbocycles. The van der Waals surface area contributed by atoms with Crippen LogP contribution in [-0.4, -0.2) is 34.6 Å². The van der Waals surface area contributed by atoms with Gasteiger partial charge in [0.05, 0.1) is 28.9 Å². The fourth-order valence-electron chi connectivity index (χ4n) is 3.27. The van der Waals surface area contributed by atoms with Gasteiger partial charge in [-0.25, -0.2) is 4.98 Å². The first-order valence-corrected chi connectivity index (χ1v) is 9.02. The summed E-state index contributed by atoms with van der Waals surface area (Å²) in [7, 11) is 1.53. The zero-order chi connectivity index (χ0) is 17.4. The van der Waals surface area contributed by atoms with Crippen LogP contribution in [0, 0.1) is 0 Å². The highest BCUT2D eigenvalue weighted by Gasteiger charge is 2.33. The Morgan fingerprint density at radius 2 is 2.16 bits per heavy atom. The molecule has 0 bridgehead atoms. The van der Waals surface area contributed by atoms with Crippen molar-refractivity contribution in [1.29, 1.82) is 0 Å². The number of hydrogen-bond acceptors (Lipinski definition) is 5. The number of fused-ring (bicyclic) bond motifs is 1. The molecule has 4 rings (SSSR count). The lowest BCUT2D eigenvalue weighted by atomic mass is 10.1. The van der Waals surface area contributed by atoms with Gasteiger partial charge in [-0.2, -0.15) is 0 Å². The van der Waals surface area contributed by atoms with E-state index in [4.69, 9.17) is 9.72 Å². The Morgan fingerprint density at radius 1 is 1.32 bits per heavy atom. The van der Waals surface area contributed by atoms with E-state index in [1.165, 1.54) is 13.2 Å². The number of ether oxygens (including phenoxy) is 1. The number of aromatic hydroxyl groups is 1. The van der Waals surface area contributed by atoms with Gasteiger partial charge in [-0.05, 0) is 37.1 Å². The van der Waals surface area contributed by atoms with Crippen LogP contribution in [0.2, 0.25) is 0 Å². The third kappa shape index (κ3) is 2.82. The van der Waals surface area contributed by atoms with E-state index in [1.807, 2.05) is 29.2 Å². The lowest BCUT2D eigenvalue weighted by Crippen LogP contribution is -2.30. The molecule has 128 valence electrons. The fourth-order valence-corrected chi connectivity index (χ4v) is 4.39. The molecular formula is C19H18N2O3S. The summed E-state index contributed by atoms with van der Waals surface area (Å²) in [6.45, 7) is 0.672. The SMILES string of the molecule is COc1ccc(C(=O)N2CCCC2c2nc3ccccc3s2)c(O)c1. The first-order valence-electron chi connectivity index (χ1n) is 8.21. The van der Waals surface area contributed by atoms with Crippen LogP contribution in [0.1, 0.15) is 34.2 Å². The summed E-state index contributed by atoms with van der Waals surface area (Å²) in [5.41, 5.74) is 1.27. The summed E-state index contributed by atoms with van der Waals surface area (Å²) >= 11 is 1.63. The molecular weight excluding hydrogens is 336 g/mol. The summed E-state index contributed by atoms with van der Waals surface area (Å²) in [5, 5.41) is 11.1. The Hall–Kier alpha value is -2.60. The van der Waals surface area contributed by atoms with Gasteiger partial charge in [-0.3, -0.25) is 4.79 Å². The van der Waals surface area contributed by atoms with Crippen LogP contribution in [0.25, 0.3) is 10.2 Å². The monoisotopic (exact) mass is 354 g/mol. The van der Waals surface area contributed by atoms with Crippen molar-refractivity contribution in [2.45, 2.75) is 18.9 Å². The van der Waals surface area contributed by atoms with Gasteiger partial charge in [-0.15, -0.1) is 11.3 Å². The molecule has 1 atom stereocenters. The van der Waals surface area contributed by atoms with E-state index in [0.29, 0.717) is 17.9 Å². The van der Waals surface area contributed by atoms with E-state index < -0.39 is 0 Å².